The van der Waals surface area contributed by atoms with Gasteiger partial charge in [0.05, 0.1) is 16.7 Å². The number of nitrogens with one attached hydrogen (secondary N) is 1. The molecule has 3 aromatic heterocycles. The van der Waals surface area contributed by atoms with Gasteiger partial charge in [-0.15, -0.1) is 11.8 Å². The van der Waals surface area contributed by atoms with E-state index in [1.54, 1.807) is 27.8 Å². The van der Waals surface area contributed by atoms with Crippen LogP contribution in [0, 0.1) is 13.8 Å². The molecule has 0 fully saturated rings. The predicted molar refractivity (Wildman–Crippen MR) is 121 cm³/mol. The van der Waals surface area contributed by atoms with Gasteiger partial charge in [-0.2, -0.15) is 21.1 Å². The Morgan fingerprint density at radius 3 is 2.57 bits per heavy atom. The van der Waals surface area contributed by atoms with E-state index in [0.29, 0.717) is 17.5 Å². The topological polar surface area (TPSA) is 72.7 Å². The maximum Gasteiger partial charge on any atom is 0.252 e. The van der Waals surface area contributed by atoms with Crippen LogP contribution in [-0.4, -0.2) is 31.4 Å². The van der Waals surface area contributed by atoms with Gasteiger partial charge in [0, 0.05) is 22.5 Å². The Labute approximate surface area is 182 Å². The first-order valence-corrected chi connectivity index (χ1v) is 11.5. The van der Waals surface area contributed by atoms with Gasteiger partial charge >= 0.3 is 0 Å². The summed E-state index contributed by atoms with van der Waals surface area (Å²) in [5.74, 6) is 1.42. The van der Waals surface area contributed by atoms with Crippen LogP contribution in [0.5, 0.6) is 0 Å². The first kappa shape index (κ1) is 19.0. The zero-order chi connectivity index (χ0) is 20.7. The lowest BCUT2D eigenvalue weighted by atomic mass is 10.0. The quantitative estimate of drug-likeness (QED) is 0.503. The molecule has 0 saturated carbocycles. The van der Waals surface area contributed by atoms with Crippen molar-refractivity contribution in [2.75, 3.05) is 11.1 Å². The number of aryl methyl sites for hydroxylation is 2. The Kier molecular flexibility index (Phi) is 4.88. The minimum atomic E-state index is -0.0517. The number of carbonyl (C=O) groups is 1. The van der Waals surface area contributed by atoms with Gasteiger partial charge in [0.25, 0.3) is 5.95 Å². The average molecular weight is 434 g/mol. The molecule has 0 bridgehead atoms. The lowest BCUT2D eigenvalue weighted by Gasteiger charge is -2.14. The van der Waals surface area contributed by atoms with Crippen LogP contribution in [0.15, 0.2) is 53.2 Å². The highest BCUT2D eigenvalue weighted by Crippen LogP contribution is 2.47. The number of aromatic nitrogens is 4. The summed E-state index contributed by atoms with van der Waals surface area (Å²) in [4.78, 5) is 21.8. The van der Waals surface area contributed by atoms with Crippen molar-refractivity contribution in [2.45, 2.75) is 19.1 Å². The van der Waals surface area contributed by atoms with Crippen molar-refractivity contribution in [2.24, 2.45) is 0 Å². The summed E-state index contributed by atoms with van der Waals surface area (Å²) in [6, 6.07) is 14.1. The highest BCUT2D eigenvalue weighted by molar-refractivity contribution is 8.00. The molecular formula is C22H19N5OS2. The van der Waals surface area contributed by atoms with Crippen molar-refractivity contribution in [3.05, 3.63) is 75.7 Å². The summed E-state index contributed by atoms with van der Waals surface area (Å²) in [5.41, 5.74) is 5.69. The number of thioether (sulfide) groups is 1. The van der Waals surface area contributed by atoms with Crippen LogP contribution in [0.1, 0.15) is 27.8 Å². The van der Waals surface area contributed by atoms with Crippen molar-refractivity contribution in [3.8, 4) is 17.2 Å². The van der Waals surface area contributed by atoms with Gasteiger partial charge < -0.3 is 5.32 Å². The molecule has 0 radical (unpaired) electrons. The molecule has 4 aromatic rings. The molecule has 150 valence electrons. The van der Waals surface area contributed by atoms with Crippen LogP contribution in [0.25, 0.3) is 17.2 Å². The van der Waals surface area contributed by atoms with Crippen molar-refractivity contribution in [1.29, 1.82) is 0 Å². The minimum absolute atomic E-state index is 0.0138. The van der Waals surface area contributed by atoms with Crippen molar-refractivity contribution < 1.29 is 4.79 Å². The molecule has 0 unspecified atom stereocenters. The van der Waals surface area contributed by atoms with Gasteiger partial charge in [0.1, 0.15) is 5.82 Å². The zero-order valence-corrected chi connectivity index (χ0v) is 18.1. The van der Waals surface area contributed by atoms with Gasteiger partial charge in [-0.25, -0.2) is 9.97 Å². The molecule has 0 aliphatic carbocycles. The van der Waals surface area contributed by atoms with E-state index in [1.165, 1.54) is 5.56 Å². The SMILES string of the molecule is Cc1cc(C)nc(-n2nc(-c3ccccc3)c3c2NC(=O)CS[C@@H]3c2ccsc2)n1. The Morgan fingerprint density at radius 2 is 1.87 bits per heavy atom. The summed E-state index contributed by atoms with van der Waals surface area (Å²) in [6.07, 6.45) is 0. The van der Waals surface area contributed by atoms with Gasteiger partial charge in [-0.1, -0.05) is 30.3 Å². The number of hydrogen-bond donors (Lipinski definition) is 1. The number of nitrogens with zero attached hydrogens (tertiary/aromatic N) is 4. The largest absolute Gasteiger partial charge is 0.309 e. The molecule has 1 atom stereocenters. The summed E-state index contributed by atoms with van der Waals surface area (Å²) in [5, 5.41) is 12.2. The minimum Gasteiger partial charge on any atom is -0.309 e. The molecule has 6 nitrogen and oxygen atoms in total. The lowest BCUT2D eigenvalue weighted by Crippen LogP contribution is -2.17. The molecule has 0 saturated heterocycles. The average Bonchev–Trinajstić information content (AvgIpc) is 3.34. The monoisotopic (exact) mass is 433 g/mol. The van der Waals surface area contributed by atoms with Gasteiger partial charge in [0.15, 0.2) is 0 Å². The number of carbonyl (C=O) groups excluding carboxylic acids is 1. The molecule has 1 aromatic carbocycles. The molecule has 1 aliphatic heterocycles. The Bertz CT molecular complexity index is 1200. The Balaban J connectivity index is 1.81. The van der Waals surface area contributed by atoms with Crippen LogP contribution in [0.2, 0.25) is 0 Å². The summed E-state index contributed by atoms with van der Waals surface area (Å²) in [6.45, 7) is 3.86. The van der Waals surface area contributed by atoms with Crippen LogP contribution in [0.3, 0.4) is 0 Å². The second-order valence-electron chi connectivity index (χ2n) is 7.14. The van der Waals surface area contributed by atoms with Crippen molar-refractivity contribution in [3.63, 3.8) is 0 Å². The normalized spacial score (nSPS) is 16.1. The molecule has 8 heteroatoms. The van der Waals surface area contributed by atoms with E-state index in [2.05, 4.69) is 32.1 Å². The fourth-order valence-electron chi connectivity index (χ4n) is 3.65. The molecule has 0 spiro atoms. The summed E-state index contributed by atoms with van der Waals surface area (Å²) in [7, 11) is 0. The molecule has 1 aliphatic rings. The van der Waals surface area contributed by atoms with Gasteiger partial charge in [-0.3, -0.25) is 4.79 Å². The van der Waals surface area contributed by atoms with E-state index in [9.17, 15) is 4.79 Å². The zero-order valence-electron chi connectivity index (χ0n) is 16.5. The first-order valence-electron chi connectivity index (χ1n) is 9.54. The van der Waals surface area contributed by atoms with Gasteiger partial charge in [-0.05, 0) is 42.3 Å². The van der Waals surface area contributed by atoms with E-state index in [0.717, 1.165) is 28.2 Å². The number of benzene rings is 1. The fraction of sp³-hybridized carbons (Fsp3) is 0.182. The third kappa shape index (κ3) is 3.42. The lowest BCUT2D eigenvalue weighted by molar-refractivity contribution is -0.113. The standard InChI is InChI=1S/C22H19N5OS2/c1-13-10-14(2)24-22(23-13)27-21-18(19(26-27)15-6-4-3-5-7-15)20(16-8-9-29-11-16)30-12-17(28)25-21/h3-11,20H,12H2,1-2H3,(H,25,28)/t20-/m1/s1. The molecule has 30 heavy (non-hydrogen) atoms. The first-order chi connectivity index (χ1) is 14.6. The van der Waals surface area contributed by atoms with Crippen molar-refractivity contribution in [1.82, 2.24) is 19.7 Å². The van der Waals surface area contributed by atoms with Crippen LogP contribution >= 0.6 is 23.1 Å². The Hall–Kier alpha value is -2.97. The van der Waals surface area contributed by atoms with Crippen molar-refractivity contribution >= 4 is 34.8 Å². The third-order valence-electron chi connectivity index (χ3n) is 4.88. The van der Waals surface area contributed by atoms with E-state index in [1.807, 2.05) is 50.2 Å². The van der Waals surface area contributed by atoms with Crippen LogP contribution in [-0.2, 0) is 4.79 Å². The second-order valence-corrected chi connectivity index (χ2v) is 9.01. The molecule has 1 amide bonds. The molecule has 5 rings (SSSR count). The Morgan fingerprint density at radius 1 is 1.10 bits per heavy atom. The molecule has 4 heterocycles. The number of hydrogen-bond acceptors (Lipinski definition) is 6. The smallest absolute Gasteiger partial charge is 0.252 e. The van der Waals surface area contributed by atoms with E-state index in [-0.39, 0.29) is 11.2 Å². The number of thiophene rings is 1. The number of fused-ring (bicyclic) bond motifs is 1. The maximum absolute atomic E-state index is 12.6. The summed E-state index contributed by atoms with van der Waals surface area (Å²) >= 11 is 3.27. The second kappa shape index (κ2) is 7.70. The number of anilines is 1. The third-order valence-corrected chi connectivity index (χ3v) is 6.85. The number of rotatable bonds is 3. The van der Waals surface area contributed by atoms with Crippen LogP contribution < -0.4 is 5.32 Å². The fourth-order valence-corrected chi connectivity index (χ4v) is 5.54. The highest BCUT2D eigenvalue weighted by Gasteiger charge is 2.33. The van der Waals surface area contributed by atoms with Gasteiger partial charge in [0.2, 0.25) is 5.91 Å². The summed E-state index contributed by atoms with van der Waals surface area (Å²) < 4.78 is 1.68. The predicted octanol–water partition coefficient (Wildman–Crippen LogP) is 4.78. The number of amides is 1. The van der Waals surface area contributed by atoms with E-state index >= 15 is 0 Å². The van der Waals surface area contributed by atoms with Crippen LogP contribution in [0.4, 0.5) is 5.82 Å². The van der Waals surface area contributed by atoms with E-state index in [4.69, 9.17) is 5.10 Å². The maximum atomic E-state index is 12.6. The van der Waals surface area contributed by atoms with E-state index < -0.39 is 0 Å². The molecule has 1 N–H and O–H groups in total. The highest BCUT2D eigenvalue weighted by atomic mass is 32.2. The molecular weight excluding hydrogens is 414 g/mol.